The number of hydrogen-bond donors (Lipinski definition) is 0. The van der Waals surface area contributed by atoms with Crippen LogP contribution in [0, 0.1) is 0 Å². The summed E-state index contributed by atoms with van der Waals surface area (Å²) in [7, 11) is 3.46. The molecule has 4 heteroatoms. The Morgan fingerprint density at radius 3 is 0.797 bits per heavy atom. The van der Waals surface area contributed by atoms with Gasteiger partial charge >= 0.3 is 0 Å². The topological polar surface area (TPSA) is 24.9 Å². The highest BCUT2D eigenvalue weighted by Crippen LogP contribution is 2.40. The molecule has 0 aliphatic heterocycles. The lowest BCUT2D eigenvalue weighted by Crippen LogP contribution is -2.09. The van der Waals surface area contributed by atoms with E-state index in [1.807, 2.05) is 36.4 Å². The summed E-state index contributed by atoms with van der Waals surface area (Å²) in [5.41, 5.74) is 14.8. The molecule has 0 aliphatic rings. The molecule has 64 heavy (non-hydrogen) atoms. The van der Waals surface area contributed by atoms with Gasteiger partial charge in [-0.05, 0) is 130 Å². The molecule has 310 valence electrons. The van der Waals surface area contributed by atoms with Crippen molar-refractivity contribution in [3.05, 3.63) is 276 Å². The highest BCUT2D eigenvalue weighted by molar-refractivity contribution is 5.96. The molecule has 0 N–H and O–H groups in total. The summed E-state index contributed by atoms with van der Waals surface area (Å²) in [5, 5.41) is 0. The maximum atomic E-state index is 6.18. The van der Waals surface area contributed by atoms with Gasteiger partial charge in [0.15, 0.2) is 0 Å². The predicted octanol–water partition coefficient (Wildman–Crippen LogP) is 15.8. The highest BCUT2D eigenvalue weighted by atomic mass is 16.5. The average Bonchev–Trinajstić information content (AvgIpc) is 3.37. The van der Waals surface area contributed by atoms with Crippen LogP contribution in [0.2, 0.25) is 0 Å². The van der Waals surface area contributed by atoms with Crippen LogP contribution in [0.25, 0.3) is 23.3 Å². The lowest BCUT2D eigenvalue weighted by Gasteiger charge is -2.25. The Labute approximate surface area is 376 Å². The molecule has 0 radical (unpaired) electrons. The van der Waals surface area contributed by atoms with Gasteiger partial charge in [0.05, 0.1) is 14.2 Å². The molecule has 0 atom stereocenters. The van der Waals surface area contributed by atoms with Crippen molar-refractivity contribution in [2.24, 2.45) is 0 Å². The van der Waals surface area contributed by atoms with E-state index in [-0.39, 0.29) is 0 Å². The number of methoxy groups -OCH3 is 2. The molecule has 0 spiro atoms. The summed E-state index contributed by atoms with van der Waals surface area (Å²) in [5.74, 6) is 1.47. The Morgan fingerprint density at radius 2 is 0.531 bits per heavy atom. The van der Waals surface area contributed by atoms with Crippen LogP contribution in [0.3, 0.4) is 0 Å². The Morgan fingerprint density at radius 1 is 0.297 bits per heavy atom. The number of rotatable bonds is 14. The van der Waals surface area contributed by atoms with Gasteiger partial charge in [-0.15, -0.1) is 0 Å². The molecule has 0 heterocycles. The van der Waals surface area contributed by atoms with Crippen molar-refractivity contribution in [2.75, 3.05) is 24.0 Å². The first-order valence-corrected chi connectivity index (χ1v) is 21.5. The minimum absolute atomic E-state index is 0.737. The van der Waals surface area contributed by atoms with Crippen molar-refractivity contribution in [3.8, 4) is 11.5 Å². The SMILES string of the molecule is COc1cc(/C=C(\c2ccccc2)c2ccc(N(c3ccccc3)c3ccccc3)cc2)c(OC)cc1/C=C(\c1ccccc1)c1ccc(N(c2ccccc2)c2ccccc2)cc1. The largest absolute Gasteiger partial charge is 0.496 e. The van der Waals surface area contributed by atoms with Crippen molar-refractivity contribution in [1.82, 2.24) is 0 Å². The van der Waals surface area contributed by atoms with E-state index in [0.29, 0.717) is 0 Å². The van der Waals surface area contributed by atoms with E-state index in [9.17, 15) is 0 Å². The minimum atomic E-state index is 0.737. The van der Waals surface area contributed by atoms with Gasteiger partial charge in [0.25, 0.3) is 0 Å². The number of ether oxygens (including phenoxy) is 2. The molecule has 0 saturated carbocycles. The molecule has 4 nitrogen and oxygen atoms in total. The number of anilines is 6. The highest BCUT2D eigenvalue weighted by Gasteiger charge is 2.17. The second-order valence-corrected chi connectivity index (χ2v) is 15.3. The van der Waals surface area contributed by atoms with E-state index in [1.165, 1.54) is 0 Å². The monoisotopic (exact) mass is 828 g/mol. The average molecular weight is 829 g/mol. The molecular formula is C60H48N2O2. The molecule has 0 fully saturated rings. The van der Waals surface area contributed by atoms with E-state index in [1.54, 1.807) is 14.2 Å². The summed E-state index contributed by atoms with van der Waals surface area (Å²) in [6.07, 6.45) is 4.40. The molecule has 0 aromatic heterocycles. The fourth-order valence-corrected chi connectivity index (χ4v) is 8.17. The van der Waals surface area contributed by atoms with Crippen LogP contribution in [0.1, 0.15) is 33.4 Å². The zero-order valence-corrected chi connectivity index (χ0v) is 36.0. The summed E-state index contributed by atoms with van der Waals surface area (Å²) >= 11 is 0. The first kappa shape index (κ1) is 41.0. The molecule has 0 bridgehead atoms. The lowest BCUT2D eigenvalue weighted by atomic mass is 9.93. The fraction of sp³-hybridized carbons (Fsp3) is 0.0333. The van der Waals surface area contributed by atoms with Crippen LogP contribution in [-0.4, -0.2) is 14.2 Å². The quantitative estimate of drug-likeness (QED) is 0.102. The van der Waals surface area contributed by atoms with Crippen LogP contribution < -0.4 is 19.3 Å². The van der Waals surface area contributed by atoms with E-state index in [4.69, 9.17) is 9.47 Å². The molecular weight excluding hydrogens is 781 g/mol. The maximum Gasteiger partial charge on any atom is 0.126 e. The molecule has 9 aromatic rings. The number of nitrogens with zero attached hydrogens (tertiary/aromatic N) is 2. The van der Waals surface area contributed by atoms with Crippen LogP contribution in [0.5, 0.6) is 11.5 Å². The number of benzene rings is 9. The van der Waals surface area contributed by atoms with Gasteiger partial charge in [-0.2, -0.15) is 0 Å². The first-order valence-electron chi connectivity index (χ1n) is 21.5. The van der Waals surface area contributed by atoms with Crippen LogP contribution in [0.15, 0.2) is 243 Å². The van der Waals surface area contributed by atoms with E-state index in [0.717, 1.165) is 90.2 Å². The normalized spacial score (nSPS) is 11.5. The summed E-state index contributed by atoms with van der Waals surface area (Å²) in [4.78, 5) is 4.55. The van der Waals surface area contributed by atoms with Gasteiger partial charge in [-0.1, -0.05) is 158 Å². The maximum absolute atomic E-state index is 6.18. The second-order valence-electron chi connectivity index (χ2n) is 15.3. The minimum Gasteiger partial charge on any atom is -0.496 e. The summed E-state index contributed by atoms with van der Waals surface area (Å²) in [6, 6.07) is 84.6. The van der Waals surface area contributed by atoms with Crippen LogP contribution in [-0.2, 0) is 0 Å². The van der Waals surface area contributed by atoms with Gasteiger partial charge in [0, 0.05) is 45.3 Å². The van der Waals surface area contributed by atoms with Crippen molar-refractivity contribution in [2.45, 2.75) is 0 Å². The summed E-state index contributed by atoms with van der Waals surface area (Å²) < 4.78 is 12.4. The van der Waals surface area contributed by atoms with Gasteiger partial charge in [0.2, 0.25) is 0 Å². The van der Waals surface area contributed by atoms with E-state index < -0.39 is 0 Å². The predicted molar refractivity (Wildman–Crippen MR) is 269 cm³/mol. The van der Waals surface area contributed by atoms with E-state index >= 15 is 0 Å². The van der Waals surface area contributed by atoms with Gasteiger partial charge in [0.1, 0.15) is 11.5 Å². The standard InChI is InChI=1S/C60H48N2O2/c1-63-59-43-50(42-58(46-23-11-4-12-24-46)48-35-39-56(40-36-48)62(53-29-17-7-18-30-53)54-31-19-8-20-32-54)60(64-2)44-49(59)41-57(45-21-9-3-10-22-45)47-33-37-55(38-34-47)61(51-25-13-5-14-26-51)52-27-15-6-16-28-52/h3-44H,1-2H3/b57-41+,58-42+. The molecule has 9 rings (SSSR count). The smallest absolute Gasteiger partial charge is 0.126 e. The van der Waals surface area contributed by atoms with Crippen molar-refractivity contribution >= 4 is 57.4 Å². The Kier molecular flexibility index (Phi) is 12.6. The second kappa shape index (κ2) is 19.6. The van der Waals surface area contributed by atoms with Crippen molar-refractivity contribution in [3.63, 3.8) is 0 Å². The molecule has 0 aliphatic carbocycles. The van der Waals surface area contributed by atoms with Gasteiger partial charge < -0.3 is 19.3 Å². The molecule has 0 unspecified atom stereocenters. The number of para-hydroxylation sites is 4. The Balaban J connectivity index is 1.11. The van der Waals surface area contributed by atoms with Crippen molar-refractivity contribution in [1.29, 1.82) is 0 Å². The zero-order valence-electron chi connectivity index (χ0n) is 36.0. The Bertz CT molecular complexity index is 2670. The van der Waals surface area contributed by atoms with Gasteiger partial charge in [-0.3, -0.25) is 0 Å². The third kappa shape index (κ3) is 9.13. The third-order valence-electron chi connectivity index (χ3n) is 11.3. The first-order chi connectivity index (χ1) is 31.7. The molecule has 0 amide bonds. The number of hydrogen-bond acceptors (Lipinski definition) is 4. The van der Waals surface area contributed by atoms with E-state index in [2.05, 4.69) is 228 Å². The van der Waals surface area contributed by atoms with Crippen molar-refractivity contribution < 1.29 is 9.47 Å². The molecule has 9 aromatic carbocycles. The van der Waals surface area contributed by atoms with Crippen LogP contribution >= 0.6 is 0 Å². The summed E-state index contributed by atoms with van der Waals surface area (Å²) in [6.45, 7) is 0. The third-order valence-corrected chi connectivity index (χ3v) is 11.3. The fourth-order valence-electron chi connectivity index (χ4n) is 8.17. The zero-order chi connectivity index (χ0) is 43.5. The van der Waals surface area contributed by atoms with Crippen LogP contribution in [0.4, 0.5) is 34.1 Å². The van der Waals surface area contributed by atoms with Gasteiger partial charge in [-0.25, -0.2) is 0 Å². The Hall–Kier alpha value is -8.34. The molecule has 0 saturated heterocycles. The lowest BCUT2D eigenvalue weighted by molar-refractivity contribution is 0.401.